The van der Waals surface area contributed by atoms with Gasteiger partial charge in [-0.05, 0) is 35.2 Å². The molecule has 0 saturated heterocycles. The first-order valence-corrected chi connectivity index (χ1v) is 9.03. The zero-order chi connectivity index (χ0) is 13.8. The maximum Gasteiger partial charge on any atom is 0.0766 e. The highest BCUT2D eigenvalue weighted by atomic mass is 79.9. The van der Waals surface area contributed by atoms with Crippen molar-refractivity contribution in [3.63, 3.8) is 0 Å². The van der Waals surface area contributed by atoms with Gasteiger partial charge in [-0.1, -0.05) is 19.8 Å². The summed E-state index contributed by atoms with van der Waals surface area (Å²) >= 11 is 5.73. The van der Waals surface area contributed by atoms with E-state index >= 15 is 0 Å². The zero-order valence-electron chi connectivity index (χ0n) is 11.9. The summed E-state index contributed by atoms with van der Waals surface area (Å²) in [5.74, 6) is 1.06. The maximum atomic E-state index is 6.29. The Morgan fingerprint density at radius 1 is 1.47 bits per heavy atom. The summed E-state index contributed by atoms with van der Waals surface area (Å²) in [6.45, 7) is 2.13. The van der Waals surface area contributed by atoms with E-state index in [4.69, 9.17) is 5.73 Å². The molecule has 1 heterocycles. The molecule has 2 N–H and O–H groups in total. The number of hydrogen-bond donors (Lipinski definition) is 1. The standard InChI is InChI=1S/C14H24BrN3S/c1-3-12-14(15)13(18(2)17-12)8-10(16)9-19-11-6-4-5-7-11/h10-11H,3-9,16H2,1-2H3. The smallest absolute Gasteiger partial charge is 0.0766 e. The maximum absolute atomic E-state index is 6.29. The van der Waals surface area contributed by atoms with Crippen LogP contribution in [0.2, 0.25) is 0 Å². The fourth-order valence-electron chi connectivity index (χ4n) is 2.66. The van der Waals surface area contributed by atoms with E-state index in [0.717, 1.165) is 34.0 Å². The summed E-state index contributed by atoms with van der Waals surface area (Å²) in [6, 6.07) is 0.224. The van der Waals surface area contributed by atoms with Crippen LogP contribution in [0.4, 0.5) is 0 Å². The molecule has 1 aliphatic carbocycles. The monoisotopic (exact) mass is 345 g/mol. The first-order valence-electron chi connectivity index (χ1n) is 7.19. The Hall–Kier alpha value is -0.000000000000000111. The molecule has 0 amide bonds. The van der Waals surface area contributed by atoms with Gasteiger partial charge in [0.25, 0.3) is 0 Å². The summed E-state index contributed by atoms with van der Waals surface area (Å²) < 4.78 is 3.13. The topological polar surface area (TPSA) is 43.8 Å². The highest BCUT2D eigenvalue weighted by Crippen LogP contribution is 2.30. The molecule has 0 bridgehead atoms. The van der Waals surface area contributed by atoms with Crippen LogP contribution in [0.1, 0.15) is 44.0 Å². The average molecular weight is 346 g/mol. The first kappa shape index (κ1) is 15.4. The van der Waals surface area contributed by atoms with Crippen molar-refractivity contribution in [2.24, 2.45) is 12.8 Å². The van der Waals surface area contributed by atoms with Gasteiger partial charge in [-0.2, -0.15) is 16.9 Å². The van der Waals surface area contributed by atoms with E-state index < -0.39 is 0 Å². The van der Waals surface area contributed by atoms with E-state index in [1.165, 1.54) is 31.4 Å². The molecular weight excluding hydrogens is 322 g/mol. The number of nitrogens with two attached hydrogens (primary N) is 1. The number of halogens is 1. The van der Waals surface area contributed by atoms with Gasteiger partial charge in [-0.3, -0.25) is 4.68 Å². The Balaban J connectivity index is 1.87. The molecule has 2 rings (SSSR count). The van der Waals surface area contributed by atoms with Gasteiger partial charge in [0.2, 0.25) is 0 Å². The van der Waals surface area contributed by atoms with Gasteiger partial charge in [-0.25, -0.2) is 0 Å². The van der Waals surface area contributed by atoms with Crippen LogP contribution < -0.4 is 5.73 Å². The molecule has 0 spiro atoms. The third-order valence-corrected chi connectivity index (χ3v) is 6.29. The molecule has 1 aromatic rings. The SMILES string of the molecule is CCc1nn(C)c(CC(N)CSC2CCCC2)c1Br. The third-order valence-electron chi connectivity index (χ3n) is 3.81. The number of aromatic nitrogens is 2. The summed E-state index contributed by atoms with van der Waals surface area (Å²) in [5.41, 5.74) is 8.65. The van der Waals surface area contributed by atoms with Crippen molar-refractivity contribution in [2.45, 2.75) is 56.7 Å². The van der Waals surface area contributed by atoms with Crippen molar-refractivity contribution in [1.29, 1.82) is 0 Å². The van der Waals surface area contributed by atoms with Crippen LogP contribution in [0.15, 0.2) is 4.47 Å². The molecule has 0 aromatic carbocycles. The van der Waals surface area contributed by atoms with Gasteiger partial charge in [0.05, 0.1) is 15.9 Å². The van der Waals surface area contributed by atoms with E-state index in [1.807, 2.05) is 11.7 Å². The highest BCUT2D eigenvalue weighted by Gasteiger charge is 2.19. The Labute approximate surface area is 128 Å². The van der Waals surface area contributed by atoms with E-state index in [1.54, 1.807) is 0 Å². The minimum absolute atomic E-state index is 0.224. The van der Waals surface area contributed by atoms with Crippen molar-refractivity contribution < 1.29 is 0 Å². The normalized spacial score (nSPS) is 18.1. The van der Waals surface area contributed by atoms with Crippen molar-refractivity contribution in [1.82, 2.24) is 9.78 Å². The molecule has 1 unspecified atom stereocenters. The lowest BCUT2D eigenvalue weighted by Crippen LogP contribution is -2.27. The molecule has 3 nitrogen and oxygen atoms in total. The number of rotatable bonds is 6. The predicted molar refractivity (Wildman–Crippen MR) is 86.7 cm³/mol. The summed E-state index contributed by atoms with van der Waals surface area (Å²) in [5, 5.41) is 5.38. The van der Waals surface area contributed by atoms with E-state index in [0.29, 0.717) is 0 Å². The Morgan fingerprint density at radius 3 is 2.74 bits per heavy atom. The predicted octanol–water partition coefficient (Wildman–Crippen LogP) is 3.29. The number of thioether (sulfide) groups is 1. The van der Waals surface area contributed by atoms with Crippen LogP contribution in [0.5, 0.6) is 0 Å². The van der Waals surface area contributed by atoms with Crippen LogP contribution in [-0.4, -0.2) is 26.8 Å². The van der Waals surface area contributed by atoms with Crippen molar-refractivity contribution in [3.05, 3.63) is 15.9 Å². The number of aryl methyl sites for hydroxylation is 2. The largest absolute Gasteiger partial charge is 0.327 e. The quantitative estimate of drug-likeness (QED) is 0.860. The second kappa shape index (κ2) is 7.14. The Bertz CT molecular complexity index is 413. The number of hydrogen-bond acceptors (Lipinski definition) is 3. The van der Waals surface area contributed by atoms with Crippen molar-refractivity contribution in [2.75, 3.05) is 5.75 Å². The first-order chi connectivity index (χ1) is 9.11. The lowest BCUT2D eigenvalue weighted by molar-refractivity contribution is 0.648. The Morgan fingerprint density at radius 2 is 2.16 bits per heavy atom. The molecule has 1 aromatic heterocycles. The number of nitrogens with zero attached hydrogens (tertiary/aromatic N) is 2. The minimum atomic E-state index is 0.224. The highest BCUT2D eigenvalue weighted by molar-refractivity contribution is 9.10. The van der Waals surface area contributed by atoms with Crippen molar-refractivity contribution >= 4 is 27.7 Å². The van der Waals surface area contributed by atoms with Gasteiger partial charge < -0.3 is 5.73 Å². The van der Waals surface area contributed by atoms with Crippen LogP contribution >= 0.6 is 27.7 Å². The van der Waals surface area contributed by atoms with Crippen LogP contribution in [-0.2, 0) is 19.9 Å². The molecule has 5 heteroatoms. The summed E-state index contributed by atoms with van der Waals surface area (Å²) in [4.78, 5) is 0. The lowest BCUT2D eigenvalue weighted by atomic mass is 10.2. The molecule has 1 atom stereocenters. The molecule has 1 fully saturated rings. The van der Waals surface area contributed by atoms with Gasteiger partial charge >= 0.3 is 0 Å². The minimum Gasteiger partial charge on any atom is -0.327 e. The lowest BCUT2D eigenvalue weighted by Gasteiger charge is -2.15. The second-order valence-corrected chi connectivity index (χ2v) is 7.51. The molecule has 1 aliphatic rings. The molecular formula is C14H24BrN3S. The molecule has 1 saturated carbocycles. The van der Waals surface area contributed by atoms with Gasteiger partial charge in [-0.15, -0.1) is 0 Å². The van der Waals surface area contributed by atoms with Gasteiger partial charge in [0.1, 0.15) is 0 Å². The Kier molecular flexibility index (Phi) is 5.78. The third kappa shape index (κ3) is 3.99. The average Bonchev–Trinajstić information content (AvgIpc) is 2.99. The van der Waals surface area contributed by atoms with Gasteiger partial charge in [0, 0.05) is 30.5 Å². The fourth-order valence-corrected chi connectivity index (χ4v) is 4.75. The van der Waals surface area contributed by atoms with Crippen LogP contribution in [0, 0.1) is 0 Å². The summed E-state index contributed by atoms with van der Waals surface area (Å²) in [7, 11) is 2.01. The van der Waals surface area contributed by atoms with E-state index in [2.05, 4.69) is 39.7 Å². The molecule has 0 aliphatic heterocycles. The molecule has 108 valence electrons. The van der Waals surface area contributed by atoms with Crippen LogP contribution in [0.3, 0.4) is 0 Å². The second-order valence-electron chi connectivity index (χ2n) is 5.39. The van der Waals surface area contributed by atoms with Gasteiger partial charge in [0.15, 0.2) is 0 Å². The van der Waals surface area contributed by atoms with Crippen LogP contribution in [0.25, 0.3) is 0 Å². The summed E-state index contributed by atoms with van der Waals surface area (Å²) in [6.07, 6.45) is 7.43. The zero-order valence-corrected chi connectivity index (χ0v) is 14.3. The fraction of sp³-hybridized carbons (Fsp3) is 0.786. The van der Waals surface area contributed by atoms with E-state index in [-0.39, 0.29) is 6.04 Å². The molecule has 19 heavy (non-hydrogen) atoms. The van der Waals surface area contributed by atoms with Crippen molar-refractivity contribution in [3.8, 4) is 0 Å². The molecule has 0 radical (unpaired) electrons. The van der Waals surface area contributed by atoms with E-state index in [9.17, 15) is 0 Å².